The van der Waals surface area contributed by atoms with E-state index in [9.17, 15) is 18.5 Å². The van der Waals surface area contributed by atoms with Crippen molar-refractivity contribution in [2.45, 2.75) is 18.6 Å². The number of rotatable bonds is 5. The van der Waals surface area contributed by atoms with Crippen LogP contribution in [0.5, 0.6) is 0 Å². The van der Waals surface area contributed by atoms with E-state index in [2.05, 4.69) is 10.3 Å². The van der Waals surface area contributed by atoms with Gasteiger partial charge in [0.1, 0.15) is 23.6 Å². The van der Waals surface area contributed by atoms with Crippen LogP contribution in [0.15, 0.2) is 12.3 Å². The second kappa shape index (κ2) is 5.42. The van der Waals surface area contributed by atoms with Crippen LogP contribution in [-0.2, 0) is 9.84 Å². The molecular weight excluding hydrogens is 284 g/mol. The first-order valence-corrected chi connectivity index (χ1v) is 7.45. The monoisotopic (exact) mass is 298 g/mol. The van der Waals surface area contributed by atoms with Gasteiger partial charge in [0.25, 0.3) is 5.69 Å². The summed E-state index contributed by atoms with van der Waals surface area (Å²) in [4.78, 5) is 13.7. The zero-order valence-electron chi connectivity index (χ0n) is 11.2. The number of nitrogens with zero attached hydrogens (tertiary/aromatic N) is 3. The average Bonchev–Trinajstić information content (AvgIpc) is 2.34. The normalized spacial score (nSPS) is 11.7. The van der Waals surface area contributed by atoms with E-state index in [0.29, 0.717) is 0 Å². The molecule has 0 fully saturated rings. The lowest BCUT2D eigenvalue weighted by Crippen LogP contribution is -2.38. The van der Waals surface area contributed by atoms with Crippen molar-refractivity contribution in [1.82, 2.24) is 4.98 Å². The Balaban J connectivity index is 3.01. The van der Waals surface area contributed by atoms with Gasteiger partial charge in [0.2, 0.25) is 0 Å². The Morgan fingerprint density at radius 2 is 2.15 bits per heavy atom. The Hall–Kier alpha value is -2.21. The summed E-state index contributed by atoms with van der Waals surface area (Å²) in [6.07, 6.45) is 2.12. The van der Waals surface area contributed by atoms with Crippen molar-refractivity contribution >= 4 is 21.3 Å². The van der Waals surface area contributed by atoms with Crippen LogP contribution in [0.2, 0.25) is 0 Å². The maximum Gasteiger partial charge on any atom is 0.289 e. The minimum absolute atomic E-state index is 0.0106. The molecule has 0 aliphatic rings. The second-order valence-electron chi connectivity index (χ2n) is 4.84. The molecular formula is C11H14N4O4S. The van der Waals surface area contributed by atoms with Gasteiger partial charge in [0, 0.05) is 18.9 Å². The van der Waals surface area contributed by atoms with Crippen LogP contribution in [0.4, 0.5) is 11.5 Å². The molecule has 0 radical (unpaired) electrons. The molecule has 0 spiro atoms. The number of pyridine rings is 1. The number of anilines is 1. The molecule has 1 aromatic rings. The van der Waals surface area contributed by atoms with Gasteiger partial charge in [-0.05, 0) is 13.8 Å². The highest BCUT2D eigenvalue weighted by molar-refractivity contribution is 7.92. The summed E-state index contributed by atoms with van der Waals surface area (Å²) >= 11 is 0. The molecule has 20 heavy (non-hydrogen) atoms. The molecule has 0 unspecified atom stereocenters. The maximum absolute atomic E-state index is 11.6. The number of aromatic nitrogens is 1. The molecule has 8 nitrogen and oxygen atoms in total. The Morgan fingerprint density at radius 3 is 2.60 bits per heavy atom. The largest absolute Gasteiger partial charge is 0.367 e. The van der Waals surface area contributed by atoms with Crippen molar-refractivity contribution in [3.8, 4) is 6.07 Å². The molecule has 1 rings (SSSR count). The quantitative estimate of drug-likeness (QED) is 0.637. The fourth-order valence-corrected chi connectivity index (χ4v) is 1.54. The minimum atomic E-state index is -3.30. The number of nitrogens with one attached hydrogen (secondary N) is 1. The number of nitro groups is 1. The lowest BCUT2D eigenvalue weighted by atomic mass is 10.2. The van der Waals surface area contributed by atoms with Crippen LogP contribution in [0, 0.1) is 21.4 Å². The molecule has 9 heteroatoms. The summed E-state index contributed by atoms with van der Waals surface area (Å²) in [7, 11) is -3.30. The van der Waals surface area contributed by atoms with Gasteiger partial charge in [-0.25, -0.2) is 13.4 Å². The van der Waals surface area contributed by atoms with Crippen molar-refractivity contribution in [2.75, 3.05) is 18.1 Å². The Bertz CT molecular complexity index is 676. The van der Waals surface area contributed by atoms with E-state index in [-0.39, 0.29) is 23.6 Å². The molecule has 0 aliphatic heterocycles. The molecule has 108 valence electrons. The van der Waals surface area contributed by atoms with E-state index in [1.807, 2.05) is 0 Å². The van der Waals surface area contributed by atoms with Crippen LogP contribution in [0.1, 0.15) is 19.4 Å². The van der Waals surface area contributed by atoms with Crippen molar-refractivity contribution in [3.05, 3.63) is 27.9 Å². The highest BCUT2D eigenvalue weighted by atomic mass is 32.2. The van der Waals surface area contributed by atoms with E-state index in [1.54, 1.807) is 6.07 Å². The van der Waals surface area contributed by atoms with Gasteiger partial charge >= 0.3 is 0 Å². The molecule has 0 saturated carbocycles. The van der Waals surface area contributed by atoms with Gasteiger partial charge in [0.05, 0.1) is 9.67 Å². The van der Waals surface area contributed by atoms with E-state index >= 15 is 0 Å². The van der Waals surface area contributed by atoms with Crippen LogP contribution in [0.3, 0.4) is 0 Å². The highest BCUT2D eigenvalue weighted by Gasteiger charge is 2.30. The van der Waals surface area contributed by atoms with Gasteiger partial charge in [-0.1, -0.05) is 0 Å². The third-order valence-corrected chi connectivity index (χ3v) is 5.04. The zero-order chi connectivity index (χ0) is 15.6. The van der Waals surface area contributed by atoms with E-state index in [1.165, 1.54) is 13.8 Å². The second-order valence-corrected chi connectivity index (χ2v) is 7.49. The lowest BCUT2D eigenvalue weighted by Gasteiger charge is -2.23. The summed E-state index contributed by atoms with van der Waals surface area (Å²) in [6, 6.07) is 2.87. The minimum Gasteiger partial charge on any atom is -0.367 e. The van der Waals surface area contributed by atoms with Crippen LogP contribution in [-0.4, -0.2) is 35.9 Å². The van der Waals surface area contributed by atoms with Crippen molar-refractivity contribution in [3.63, 3.8) is 0 Å². The van der Waals surface area contributed by atoms with Gasteiger partial charge < -0.3 is 5.32 Å². The van der Waals surface area contributed by atoms with Crippen LogP contribution in [0.25, 0.3) is 0 Å². The highest BCUT2D eigenvalue weighted by Crippen LogP contribution is 2.20. The average molecular weight is 298 g/mol. The van der Waals surface area contributed by atoms with Gasteiger partial charge in [-0.3, -0.25) is 10.1 Å². The summed E-state index contributed by atoms with van der Waals surface area (Å²) in [5.74, 6) is 0.120. The smallest absolute Gasteiger partial charge is 0.289 e. The molecule has 0 saturated heterocycles. The standard InChI is InChI=1S/C11H14N4O4S/c1-11(2,20(3,18)19)7-14-10-8(5-12)4-9(6-13-10)15(16)17/h4,6H,7H2,1-3H3,(H,13,14). The molecule has 0 aromatic carbocycles. The van der Waals surface area contributed by atoms with Crippen molar-refractivity contribution < 1.29 is 13.3 Å². The number of nitriles is 1. The Labute approximate surface area is 116 Å². The first-order valence-electron chi connectivity index (χ1n) is 5.56. The number of hydrogen-bond acceptors (Lipinski definition) is 7. The predicted molar refractivity (Wildman–Crippen MR) is 73.0 cm³/mol. The number of sulfone groups is 1. The van der Waals surface area contributed by atoms with E-state index in [4.69, 9.17) is 5.26 Å². The molecule has 1 N–H and O–H groups in total. The first-order chi connectivity index (χ1) is 9.08. The summed E-state index contributed by atoms with van der Waals surface area (Å²) in [5, 5.41) is 22.3. The molecule has 0 atom stereocenters. The summed E-state index contributed by atoms with van der Waals surface area (Å²) in [6.45, 7) is 3.10. The van der Waals surface area contributed by atoms with E-state index < -0.39 is 19.5 Å². The predicted octanol–water partition coefficient (Wildman–Crippen LogP) is 1.10. The molecule has 0 amide bonds. The fourth-order valence-electron chi connectivity index (χ4n) is 1.21. The summed E-state index contributed by atoms with van der Waals surface area (Å²) in [5.41, 5.74) is -0.307. The molecule has 0 bridgehead atoms. The SMILES string of the molecule is CC(C)(CNc1ncc([N+](=O)[O-])cc1C#N)S(C)(=O)=O. The molecule has 1 heterocycles. The fraction of sp³-hybridized carbons (Fsp3) is 0.455. The number of hydrogen-bond donors (Lipinski definition) is 1. The first kappa shape index (κ1) is 15.8. The topological polar surface area (TPSA) is 126 Å². The molecule has 0 aliphatic carbocycles. The van der Waals surface area contributed by atoms with Crippen LogP contribution < -0.4 is 5.32 Å². The summed E-state index contributed by atoms with van der Waals surface area (Å²) < 4.78 is 22.1. The van der Waals surface area contributed by atoms with Crippen LogP contribution >= 0.6 is 0 Å². The van der Waals surface area contributed by atoms with Gasteiger partial charge in [0.15, 0.2) is 9.84 Å². The van der Waals surface area contributed by atoms with Crippen molar-refractivity contribution in [1.29, 1.82) is 5.26 Å². The Morgan fingerprint density at radius 1 is 1.55 bits per heavy atom. The zero-order valence-corrected chi connectivity index (χ0v) is 12.1. The maximum atomic E-state index is 11.6. The Kier molecular flexibility index (Phi) is 4.29. The third kappa shape index (κ3) is 3.42. The third-order valence-electron chi connectivity index (χ3n) is 2.89. The van der Waals surface area contributed by atoms with E-state index in [0.717, 1.165) is 18.5 Å². The van der Waals surface area contributed by atoms with Crippen molar-refractivity contribution in [2.24, 2.45) is 0 Å². The van der Waals surface area contributed by atoms with Gasteiger partial charge in [-0.15, -0.1) is 0 Å². The molecule has 1 aromatic heterocycles. The lowest BCUT2D eigenvalue weighted by molar-refractivity contribution is -0.385. The van der Waals surface area contributed by atoms with Gasteiger partial charge in [-0.2, -0.15) is 5.26 Å².